The number of para-hydroxylation sites is 3. The maximum Gasteiger partial charge on any atom is 0.254 e. The third kappa shape index (κ3) is 5.19. The van der Waals surface area contributed by atoms with Gasteiger partial charge in [0.05, 0.1) is 30.6 Å². The molecule has 6 nitrogen and oxygen atoms in total. The zero-order valence-corrected chi connectivity index (χ0v) is 20.2. The highest BCUT2D eigenvalue weighted by molar-refractivity contribution is 5.94. The van der Waals surface area contributed by atoms with E-state index in [4.69, 9.17) is 14.6 Å². The second-order valence-corrected chi connectivity index (χ2v) is 8.40. The molecule has 0 aliphatic heterocycles. The summed E-state index contributed by atoms with van der Waals surface area (Å²) in [6, 6.07) is 22.5. The van der Waals surface area contributed by atoms with Crippen LogP contribution in [0.5, 0.6) is 17.4 Å². The quantitative estimate of drug-likeness (QED) is 0.307. The summed E-state index contributed by atoms with van der Waals surface area (Å²) >= 11 is 0. The van der Waals surface area contributed by atoms with Crippen LogP contribution in [0.2, 0.25) is 0 Å². The first-order chi connectivity index (χ1) is 16.9. The molecule has 0 aliphatic rings. The number of nitrogens with zero attached hydrogens (tertiary/aromatic N) is 3. The average molecular weight is 474 g/mol. The number of methoxy groups -OCH3 is 1. The Morgan fingerprint density at radius 2 is 1.60 bits per heavy atom. The molecule has 0 saturated carbocycles. The van der Waals surface area contributed by atoms with E-state index < -0.39 is 0 Å². The minimum absolute atomic E-state index is 0.119. The molecular weight excluding hydrogens is 445 g/mol. The van der Waals surface area contributed by atoms with Crippen LogP contribution in [-0.4, -0.2) is 33.7 Å². The topological polar surface area (TPSA) is 56.6 Å². The SMILES string of the molecule is COc1ccccc1Oc1c(CN(C(=O)c2ccc(F)cc2)C(C)C)c(C)nn1-c1ccccc1. The van der Waals surface area contributed by atoms with Crippen LogP contribution in [0, 0.1) is 12.7 Å². The number of carbonyl (C=O) groups excluding carboxylic acids is 1. The molecule has 1 aromatic heterocycles. The molecule has 0 atom stereocenters. The summed E-state index contributed by atoms with van der Waals surface area (Å²) in [6.45, 7) is 6.04. The van der Waals surface area contributed by atoms with Crippen molar-refractivity contribution in [2.45, 2.75) is 33.4 Å². The monoisotopic (exact) mass is 473 g/mol. The summed E-state index contributed by atoms with van der Waals surface area (Å²) in [5, 5.41) is 4.75. The number of ether oxygens (including phenoxy) is 2. The normalized spacial score (nSPS) is 10.9. The van der Waals surface area contributed by atoms with Gasteiger partial charge in [-0.15, -0.1) is 0 Å². The molecule has 1 amide bonds. The first-order valence-corrected chi connectivity index (χ1v) is 11.4. The number of aromatic nitrogens is 2. The van der Waals surface area contributed by atoms with Crippen LogP contribution in [-0.2, 0) is 6.54 Å². The van der Waals surface area contributed by atoms with Crippen LogP contribution in [0.25, 0.3) is 5.69 Å². The van der Waals surface area contributed by atoms with Crippen molar-refractivity contribution in [1.82, 2.24) is 14.7 Å². The van der Waals surface area contributed by atoms with Gasteiger partial charge in [0.2, 0.25) is 5.88 Å². The maximum absolute atomic E-state index is 13.4. The van der Waals surface area contributed by atoms with Gasteiger partial charge in [0, 0.05) is 11.6 Å². The van der Waals surface area contributed by atoms with E-state index in [1.165, 1.54) is 24.3 Å². The van der Waals surface area contributed by atoms with Crippen LogP contribution in [0.1, 0.15) is 35.5 Å². The number of rotatable bonds is 8. The Balaban J connectivity index is 1.79. The van der Waals surface area contributed by atoms with Gasteiger partial charge in [0.25, 0.3) is 5.91 Å². The van der Waals surface area contributed by atoms with Crippen molar-refractivity contribution in [1.29, 1.82) is 0 Å². The lowest BCUT2D eigenvalue weighted by Crippen LogP contribution is -2.36. The summed E-state index contributed by atoms with van der Waals surface area (Å²) < 4.78 is 27.1. The highest BCUT2D eigenvalue weighted by Crippen LogP contribution is 2.36. The molecular formula is C28H28FN3O3. The predicted molar refractivity (Wildman–Crippen MR) is 133 cm³/mol. The third-order valence-corrected chi connectivity index (χ3v) is 5.72. The molecule has 7 heteroatoms. The molecule has 0 saturated heterocycles. The van der Waals surface area contributed by atoms with E-state index in [0.717, 1.165) is 16.9 Å². The standard InChI is InChI=1S/C28H28FN3O3/c1-19(2)31(27(33)21-14-16-22(29)17-15-21)18-24-20(3)30-32(23-10-6-5-7-11-23)28(24)35-26-13-9-8-12-25(26)34-4/h5-17,19H,18H2,1-4H3. The number of hydrogen-bond donors (Lipinski definition) is 0. The van der Waals surface area contributed by atoms with E-state index >= 15 is 0 Å². The smallest absolute Gasteiger partial charge is 0.254 e. The molecule has 4 rings (SSSR count). The molecule has 180 valence electrons. The molecule has 1 heterocycles. The van der Waals surface area contributed by atoms with Gasteiger partial charge in [0.1, 0.15) is 5.82 Å². The van der Waals surface area contributed by atoms with Gasteiger partial charge in [-0.2, -0.15) is 5.10 Å². The lowest BCUT2D eigenvalue weighted by atomic mass is 10.1. The Morgan fingerprint density at radius 1 is 0.971 bits per heavy atom. The van der Waals surface area contributed by atoms with Crippen LogP contribution in [0.4, 0.5) is 4.39 Å². The summed E-state index contributed by atoms with van der Waals surface area (Å²) in [5.41, 5.74) is 2.74. The van der Waals surface area contributed by atoms with Crippen molar-refractivity contribution in [2.75, 3.05) is 7.11 Å². The largest absolute Gasteiger partial charge is 0.493 e. The van der Waals surface area contributed by atoms with Crippen molar-refractivity contribution in [3.63, 3.8) is 0 Å². The fourth-order valence-electron chi connectivity index (χ4n) is 3.79. The van der Waals surface area contributed by atoms with Crippen molar-refractivity contribution in [3.8, 4) is 23.1 Å². The maximum atomic E-state index is 13.4. The van der Waals surface area contributed by atoms with Crippen molar-refractivity contribution in [3.05, 3.63) is 102 Å². The Bertz CT molecular complexity index is 1300. The molecule has 0 fully saturated rings. The fraction of sp³-hybridized carbons (Fsp3) is 0.214. The number of amides is 1. The van der Waals surface area contributed by atoms with Gasteiger partial charge in [-0.25, -0.2) is 9.07 Å². The van der Waals surface area contributed by atoms with E-state index in [9.17, 15) is 9.18 Å². The summed E-state index contributed by atoms with van der Waals surface area (Å²) in [4.78, 5) is 15.1. The van der Waals surface area contributed by atoms with Gasteiger partial charge >= 0.3 is 0 Å². The van der Waals surface area contributed by atoms with Crippen LogP contribution in [0.3, 0.4) is 0 Å². The lowest BCUT2D eigenvalue weighted by molar-refractivity contribution is 0.0689. The zero-order valence-electron chi connectivity index (χ0n) is 20.2. The van der Waals surface area contributed by atoms with E-state index in [1.807, 2.05) is 75.4 Å². The molecule has 0 spiro atoms. The zero-order chi connectivity index (χ0) is 24.9. The van der Waals surface area contributed by atoms with E-state index in [-0.39, 0.29) is 24.3 Å². The molecule has 35 heavy (non-hydrogen) atoms. The fourth-order valence-corrected chi connectivity index (χ4v) is 3.79. The highest BCUT2D eigenvalue weighted by atomic mass is 19.1. The first kappa shape index (κ1) is 24.0. The average Bonchev–Trinajstić information content (AvgIpc) is 3.17. The van der Waals surface area contributed by atoms with Gasteiger partial charge < -0.3 is 14.4 Å². The minimum atomic E-state index is -0.384. The number of aryl methyl sites for hydroxylation is 1. The lowest BCUT2D eigenvalue weighted by Gasteiger charge is -2.27. The first-order valence-electron chi connectivity index (χ1n) is 11.4. The van der Waals surface area contributed by atoms with Crippen molar-refractivity contribution in [2.24, 2.45) is 0 Å². The minimum Gasteiger partial charge on any atom is -0.493 e. The molecule has 0 unspecified atom stereocenters. The van der Waals surface area contributed by atoms with Crippen molar-refractivity contribution < 1.29 is 18.7 Å². The second-order valence-electron chi connectivity index (χ2n) is 8.40. The van der Waals surface area contributed by atoms with Crippen LogP contribution in [0.15, 0.2) is 78.9 Å². The van der Waals surface area contributed by atoms with Gasteiger partial charge in [0.15, 0.2) is 11.5 Å². The second kappa shape index (κ2) is 10.4. The van der Waals surface area contributed by atoms with Crippen molar-refractivity contribution >= 4 is 5.91 Å². The third-order valence-electron chi connectivity index (χ3n) is 5.72. The van der Waals surface area contributed by atoms with Crippen LogP contribution >= 0.6 is 0 Å². The van der Waals surface area contributed by atoms with E-state index in [0.29, 0.717) is 22.9 Å². The van der Waals surface area contributed by atoms with Gasteiger partial charge in [-0.05, 0) is 69.3 Å². The molecule has 3 aromatic carbocycles. The van der Waals surface area contributed by atoms with Gasteiger partial charge in [-0.1, -0.05) is 30.3 Å². The van der Waals surface area contributed by atoms with Crippen LogP contribution < -0.4 is 9.47 Å². The number of carbonyl (C=O) groups is 1. The van der Waals surface area contributed by atoms with E-state index in [1.54, 1.807) is 16.7 Å². The predicted octanol–water partition coefficient (Wildman–Crippen LogP) is 6.17. The van der Waals surface area contributed by atoms with E-state index in [2.05, 4.69) is 0 Å². The Kier molecular flexibility index (Phi) is 7.15. The van der Waals surface area contributed by atoms with Gasteiger partial charge in [-0.3, -0.25) is 4.79 Å². The summed E-state index contributed by atoms with van der Waals surface area (Å²) in [7, 11) is 1.59. The number of hydrogen-bond acceptors (Lipinski definition) is 4. The number of halogens is 1. The Hall–Kier alpha value is -4.13. The molecule has 0 N–H and O–H groups in total. The number of benzene rings is 3. The highest BCUT2D eigenvalue weighted by Gasteiger charge is 2.26. The molecule has 4 aromatic rings. The molecule has 0 aliphatic carbocycles. The Labute approximate surface area is 204 Å². The molecule has 0 bridgehead atoms. The molecule has 0 radical (unpaired) electrons. The summed E-state index contributed by atoms with van der Waals surface area (Å²) in [5.74, 6) is 1.03. The summed E-state index contributed by atoms with van der Waals surface area (Å²) in [6.07, 6.45) is 0. The Morgan fingerprint density at radius 3 is 2.23 bits per heavy atom.